The Morgan fingerprint density at radius 1 is 1.04 bits per heavy atom. The van der Waals surface area contributed by atoms with Gasteiger partial charge in [-0.1, -0.05) is 60.7 Å². The molecule has 0 radical (unpaired) electrons. The number of nitrogens with one attached hydrogen (secondary N) is 1. The first-order chi connectivity index (χ1) is 11.8. The van der Waals surface area contributed by atoms with Gasteiger partial charge in [-0.2, -0.15) is 5.26 Å². The molecule has 4 nitrogen and oxygen atoms in total. The Kier molecular flexibility index (Phi) is 3.76. The Balaban J connectivity index is 1.48. The smallest absolute Gasteiger partial charge is 0.232 e. The molecule has 4 heteroatoms. The Labute approximate surface area is 140 Å². The maximum absolute atomic E-state index is 9.30. The first kappa shape index (κ1) is 14.5. The molecule has 0 spiro atoms. The largest absolute Gasteiger partial charge is 0.424 e. The predicted octanol–water partition coefficient (Wildman–Crippen LogP) is 4.43. The lowest BCUT2D eigenvalue weighted by atomic mass is 10.1. The summed E-state index contributed by atoms with van der Waals surface area (Å²) in [7, 11) is 0. The van der Waals surface area contributed by atoms with Gasteiger partial charge in [-0.3, -0.25) is 0 Å². The molecule has 1 heterocycles. The second kappa shape index (κ2) is 6.21. The van der Waals surface area contributed by atoms with Gasteiger partial charge in [-0.05, 0) is 23.5 Å². The van der Waals surface area contributed by atoms with Gasteiger partial charge in [0, 0.05) is 12.5 Å². The minimum absolute atomic E-state index is 0.270. The van der Waals surface area contributed by atoms with E-state index in [1.54, 1.807) is 0 Å². The molecule has 1 saturated carbocycles. The van der Waals surface area contributed by atoms with Crippen molar-refractivity contribution >= 4 is 5.88 Å². The Morgan fingerprint density at radius 3 is 2.46 bits per heavy atom. The number of aromatic nitrogens is 1. The number of anilines is 1. The molecule has 0 amide bonds. The Hall–Kier alpha value is -3.06. The number of hydrogen-bond acceptors (Lipinski definition) is 4. The first-order valence-electron chi connectivity index (χ1n) is 8.08. The third-order valence-electron chi connectivity index (χ3n) is 4.38. The first-order valence-corrected chi connectivity index (χ1v) is 8.08. The average Bonchev–Trinajstić information content (AvgIpc) is 3.34. The van der Waals surface area contributed by atoms with Crippen molar-refractivity contribution in [1.29, 1.82) is 5.26 Å². The van der Waals surface area contributed by atoms with E-state index in [0.29, 0.717) is 29.9 Å². The minimum Gasteiger partial charge on any atom is -0.424 e. The Morgan fingerprint density at radius 2 is 1.75 bits per heavy atom. The molecule has 2 atom stereocenters. The van der Waals surface area contributed by atoms with E-state index >= 15 is 0 Å². The maximum Gasteiger partial charge on any atom is 0.232 e. The number of hydrogen-bond donors (Lipinski definition) is 1. The molecule has 0 bridgehead atoms. The summed E-state index contributed by atoms with van der Waals surface area (Å²) < 4.78 is 5.86. The molecule has 118 valence electrons. The molecular formula is C20H17N3O. The van der Waals surface area contributed by atoms with Gasteiger partial charge < -0.3 is 9.73 Å². The van der Waals surface area contributed by atoms with E-state index in [9.17, 15) is 5.26 Å². The predicted molar refractivity (Wildman–Crippen MR) is 91.5 cm³/mol. The molecular weight excluding hydrogens is 298 g/mol. The minimum atomic E-state index is 0.270. The molecule has 0 aliphatic heterocycles. The number of nitrogens with zero attached hydrogens (tertiary/aromatic N) is 2. The van der Waals surface area contributed by atoms with Gasteiger partial charge in [0.05, 0.1) is 0 Å². The fourth-order valence-corrected chi connectivity index (χ4v) is 3.01. The van der Waals surface area contributed by atoms with E-state index in [1.807, 2.05) is 48.5 Å². The van der Waals surface area contributed by atoms with Crippen LogP contribution in [0.15, 0.2) is 65.1 Å². The Bertz CT molecular complexity index is 865. The number of nitriles is 1. The van der Waals surface area contributed by atoms with Crippen molar-refractivity contribution in [1.82, 2.24) is 4.98 Å². The van der Waals surface area contributed by atoms with Crippen LogP contribution in [0.5, 0.6) is 0 Å². The topological polar surface area (TPSA) is 61.9 Å². The number of oxazole rings is 1. The molecule has 0 saturated heterocycles. The molecule has 2 aromatic carbocycles. The fourth-order valence-electron chi connectivity index (χ4n) is 3.01. The van der Waals surface area contributed by atoms with Crippen LogP contribution in [-0.2, 0) is 6.54 Å². The van der Waals surface area contributed by atoms with Crippen molar-refractivity contribution < 1.29 is 4.42 Å². The molecule has 1 aromatic heterocycles. The summed E-state index contributed by atoms with van der Waals surface area (Å²) >= 11 is 0. The summed E-state index contributed by atoms with van der Waals surface area (Å²) in [6.07, 6.45) is 1.02. The van der Waals surface area contributed by atoms with E-state index in [4.69, 9.17) is 4.42 Å². The van der Waals surface area contributed by atoms with Gasteiger partial charge in [-0.25, -0.2) is 4.98 Å². The van der Waals surface area contributed by atoms with Crippen LogP contribution in [0.2, 0.25) is 0 Å². The van der Waals surface area contributed by atoms with E-state index in [2.05, 4.69) is 28.5 Å². The van der Waals surface area contributed by atoms with E-state index in [1.165, 1.54) is 5.56 Å². The number of benzene rings is 2. The second-order valence-electron chi connectivity index (χ2n) is 6.04. The van der Waals surface area contributed by atoms with Crippen LogP contribution in [0.4, 0.5) is 5.88 Å². The molecule has 24 heavy (non-hydrogen) atoms. The summed E-state index contributed by atoms with van der Waals surface area (Å²) in [4.78, 5) is 4.39. The normalized spacial score (nSPS) is 18.8. The standard InChI is InChI=1S/C20H17N3O/c21-12-18-20(22-13-14-7-3-1-4-8-14)24-19(23-18)17-11-16(17)15-9-5-2-6-10-15/h1-10,16-17,22H,11,13H2/t16-,17-/m1/s1. The summed E-state index contributed by atoms with van der Waals surface area (Å²) in [6, 6.07) is 22.5. The highest BCUT2D eigenvalue weighted by atomic mass is 16.4. The van der Waals surface area contributed by atoms with Gasteiger partial charge in [0.1, 0.15) is 6.07 Å². The second-order valence-corrected chi connectivity index (χ2v) is 6.04. The van der Waals surface area contributed by atoms with Crippen LogP contribution in [0.3, 0.4) is 0 Å². The van der Waals surface area contributed by atoms with Crippen molar-refractivity contribution in [2.24, 2.45) is 0 Å². The molecule has 1 N–H and O–H groups in total. The molecule has 1 fully saturated rings. The van der Waals surface area contributed by atoms with Crippen LogP contribution in [0.1, 0.15) is 41.0 Å². The third kappa shape index (κ3) is 2.89. The van der Waals surface area contributed by atoms with Crippen molar-refractivity contribution in [3.8, 4) is 6.07 Å². The van der Waals surface area contributed by atoms with Crippen molar-refractivity contribution in [2.45, 2.75) is 24.8 Å². The van der Waals surface area contributed by atoms with Crippen LogP contribution >= 0.6 is 0 Å². The zero-order valence-electron chi connectivity index (χ0n) is 13.1. The summed E-state index contributed by atoms with van der Waals surface area (Å²) in [5, 5.41) is 12.5. The SMILES string of the molecule is N#Cc1nc([C@@H]2C[C@@H]2c2ccccc2)oc1NCc1ccccc1. The van der Waals surface area contributed by atoms with Gasteiger partial charge in [0.25, 0.3) is 0 Å². The van der Waals surface area contributed by atoms with E-state index in [0.717, 1.165) is 12.0 Å². The average molecular weight is 315 g/mol. The fraction of sp³-hybridized carbons (Fsp3) is 0.200. The van der Waals surface area contributed by atoms with Gasteiger partial charge in [0.2, 0.25) is 17.5 Å². The van der Waals surface area contributed by atoms with Gasteiger partial charge in [-0.15, -0.1) is 0 Å². The van der Waals surface area contributed by atoms with Gasteiger partial charge >= 0.3 is 0 Å². The molecule has 4 rings (SSSR count). The van der Waals surface area contributed by atoms with Crippen LogP contribution < -0.4 is 5.32 Å². The summed E-state index contributed by atoms with van der Waals surface area (Å²) in [5.74, 6) is 1.84. The van der Waals surface area contributed by atoms with Crippen molar-refractivity contribution in [3.63, 3.8) is 0 Å². The maximum atomic E-state index is 9.30. The highest BCUT2D eigenvalue weighted by molar-refractivity contribution is 5.47. The van der Waals surface area contributed by atoms with Gasteiger partial charge in [0.15, 0.2) is 0 Å². The van der Waals surface area contributed by atoms with Crippen LogP contribution in [0, 0.1) is 11.3 Å². The van der Waals surface area contributed by atoms with E-state index < -0.39 is 0 Å². The highest BCUT2D eigenvalue weighted by Crippen LogP contribution is 2.54. The lowest BCUT2D eigenvalue weighted by Gasteiger charge is -2.02. The lowest BCUT2D eigenvalue weighted by molar-refractivity contribution is 0.505. The molecule has 3 aromatic rings. The van der Waals surface area contributed by atoms with Crippen molar-refractivity contribution in [2.75, 3.05) is 5.32 Å². The summed E-state index contributed by atoms with van der Waals surface area (Å²) in [6.45, 7) is 0.608. The quantitative estimate of drug-likeness (QED) is 0.756. The molecule has 0 unspecified atom stereocenters. The number of rotatable bonds is 5. The zero-order valence-corrected chi connectivity index (χ0v) is 13.1. The monoisotopic (exact) mass is 315 g/mol. The molecule has 1 aliphatic rings. The highest BCUT2D eigenvalue weighted by Gasteiger charge is 2.43. The molecule has 1 aliphatic carbocycles. The third-order valence-corrected chi connectivity index (χ3v) is 4.38. The summed E-state index contributed by atoms with van der Waals surface area (Å²) in [5.41, 5.74) is 2.77. The van der Waals surface area contributed by atoms with Crippen LogP contribution in [-0.4, -0.2) is 4.98 Å². The zero-order chi connectivity index (χ0) is 16.4. The van der Waals surface area contributed by atoms with Crippen molar-refractivity contribution in [3.05, 3.63) is 83.4 Å². The lowest BCUT2D eigenvalue weighted by Crippen LogP contribution is -1.99. The van der Waals surface area contributed by atoms with Crippen LogP contribution in [0.25, 0.3) is 0 Å². The van der Waals surface area contributed by atoms with E-state index in [-0.39, 0.29) is 5.92 Å².